The topological polar surface area (TPSA) is 60.2 Å². The highest BCUT2D eigenvalue weighted by molar-refractivity contribution is 4.98. The Morgan fingerprint density at radius 1 is 1.39 bits per heavy atom. The first-order valence-electron chi connectivity index (χ1n) is 6.55. The number of aromatic nitrogens is 2. The third-order valence-electron chi connectivity index (χ3n) is 3.08. The zero-order valence-corrected chi connectivity index (χ0v) is 12.3. The number of nitrogens with one attached hydrogen (secondary N) is 1. The fraction of sp³-hybridized carbons (Fsp3) is 0.846. The van der Waals surface area contributed by atoms with Crippen molar-refractivity contribution in [1.29, 1.82) is 0 Å². The summed E-state index contributed by atoms with van der Waals surface area (Å²) in [6.07, 6.45) is 0.739. The molecule has 0 saturated carbocycles. The molecule has 18 heavy (non-hydrogen) atoms. The van der Waals surface area contributed by atoms with Crippen LogP contribution in [0.4, 0.5) is 0 Å². The first-order chi connectivity index (χ1) is 8.40. The zero-order chi connectivity index (χ0) is 13.8. The van der Waals surface area contributed by atoms with Crippen LogP contribution < -0.4 is 5.32 Å². The highest BCUT2D eigenvalue weighted by atomic mass is 16.5. The SMILES string of the molecule is CCOC(C)(C)c1noc(CC(NC)C(C)C)n1. The van der Waals surface area contributed by atoms with Crippen molar-refractivity contribution >= 4 is 0 Å². The van der Waals surface area contributed by atoms with Crippen molar-refractivity contribution in [2.45, 2.75) is 52.7 Å². The van der Waals surface area contributed by atoms with Crippen LogP contribution in [0.1, 0.15) is 46.3 Å². The summed E-state index contributed by atoms with van der Waals surface area (Å²) in [6, 6.07) is 0.341. The van der Waals surface area contributed by atoms with Gasteiger partial charge in [0.15, 0.2) is 0 Å². The molecule has 0 saturated heterocycles. The van der Waals surface area contributed by atoms with Crippen LogP contribution in [0.5, 0.6) is 0 Å². The molecule has 0 fully saturated rings. The largest absolute Gasteiger partial charge is 0.368 e. The minimum absolute atomic E-state index is 0.341. The number of hydrogen-bond donors (Lipinski definition) is 1. The van der Waals surface area contributed by atoms with E-state index in [1.54, 1.807) is 0 Å². The fourth-order valence-corrected chi connectivity index (χ4v) is 1.87. The summed E-state index contributed by atoms with van der Waals surface area (Å²) < 4.78 is 10.9. The number of likely N-dealkylation sites (N-methyl/N-ethyl adjacent to an activating group) is 1. The highest BCUT2D eigenvalue weighted by Gasteiger charge is 2.27. The average molecular weight is 255 g/mol. The van der Waals surface area contributed by atoms with Gasteiger partial charge in [0, 0.05) is 19.1 Å². The van der Waals surface area contributed by atoms with Crippen LogP contribution in [0, 0.1) is 5.92 Å². The predicted octanol–water partition coefficient (Wildman–Crippen LogP) is 2.13. The molecule has 1 unspecified atom stereocenters. The lowest BCUT2D eigenvalue weighted by Gasteiger charge is -2.20. The summed E-state index contributed by atoms with van der Waals surface area (Å²) in [4.78, 5) is 4.43. The van der Waals surface area contributed by atoms with Crippen molar-refractivity contribution in [3.05, 3.63) is 11.7 Å². The molecular weight excluding hydrogens is 230 g/mol. The maximum absolute atomic E-state index is 5.61. The van der Waals surface area contributed by atoms with Gasteiger partial charge in [-0.15, -0.1) is 0 Å². The molecule has 0 aliphatic carbocycles. The average Bonchev–Trinajstić information content (AvgIpc) is 2.74. The molecule has 0 radical (unpaired) electrons. The number of rotatable bonds is 7. The fourth-order valence-electron chi connectivity index (χ4n) is 1.87. The third kappa shape index (κ3) is 3.78. The molecule has 104 valence electrons. The Kier molecular flexibility index (Phi) is 5.28. The lowest BCUT2D eigenvalue weighted by Crippen LogP contribution is -2.33. The molecule has 0 bridgehead atoms. The monoisotopic (exact) mass is 255 g/mol. The van der Waals surface area contributed by atoms with Gasteiger partial charge < -0.3 is 14.6 Å². The molecule has 1 heterocycles. The predicted molar refractivity (Wildman–Crippen MR) is 70.3 cm³/mol. The Hall–Kier alpha value is -0.940. The molecule has 1 rings (SSSR count). The highest BCUT2D eigenvalue weighted by Crippen LogP contribution is 2.22. The van der Waals surface area contributed by atoms with E-state index in [2.05, 4.69) is 29.3 Å². The summed E-state index contributed by atoms with van der Waals surface area (Å²) >= 11 is 0. The van der Waals surface area contributed by atoms with E-state index in [9.17, 15) is 0 Å². The molecule has 5 nitrogen and oxygen atoms in total. The second kappa shape index (κ2) is 6.29. The van der Waals surface area contributed by atoms with Gasteiger partial charge in [-0.2, -0.15) is 4.98 Å². The quantitative estimate of drug-likeness (QED) is 0.808. The minimum atomic E-state index is -0.497. The molecule has 0 aliphatic heterocycles. The standard InChI is InChI=1S/C13H25N3O2/c1-7-17-13(4,5)12-15-11(18-16-12)8-10(14-6)9(2)3/h9-10,14H,7-8H2,1-6H3. The molecule has 1 aromatic heterocycles. The summed E-state index contributed by atoms with van der Waals surface area (Å²) in [7, 11) is 1.95. The van der Waals surface area contributed by atoms with Gasteiger partial charge in [0.2, 0.25) is 11.7 Å². The smallest absolute Gasteiger partial charge is 0.228 e. The summed E-state index contributed by atoms with van der Waals surface area (Å²) in [5.41, 5.74) is -0.497. The Labute approximate surface area is 109 Å². The molecule has 0 aromatic carbocycles. The molecule has 1 N–H and O–H groups in total. The maximum atomic E-state index is 5.61. The van der Waals surface area contributed by atoms with Gasteiger partial charge in [0.05, 0.1) is 0 Å². The van der Waals surface area contributed by atoms with E-state index >= 15 is 0 Å². The van der Waals surface area contributed by atoms with E-state index in [0.717, 1.165) is 6.42 Å². The molecule has 0 spiro atoms. The Morgan fingerprint density at radius 2 is 2.06 bits per heavy atom. The van der Waals surface area contributed by atoms with E-state index in [-0.39, 0.29) is 0 Å². The number of nitrogens with zero attached hydrogens (tertiary/aromatic N) is 2. The Balaban J connectivity index is 2.74. The van der Waals surface area contributed by atoms with Gasteiger partial charge in [-0.25, -0.2) is 0 Å². The lowest BCUT2D eigenvalue weighted by atomic mass is 10.0. The van der Waals surface area contributed by atoms with E-state index < -0.39 is 5.60 Å². The van der Waals surface area contributed by atoms with Gasteiger partial charge in [-0.1, -0.05) is 19.0 Å². The molecule has 0 amide bonds. The van der Waals surface area contributed by atoms with Gasteiger partial charge in [0.25, 0.3) is 0 Å². The van der Waals surface area contributed by atoms with Crippen LogP contribution in [-0.2, 0) is 16.8 Å². The van der Waals surface area contributed by atoms with Crippen molar-refractivity contribution in [2.24, 2.45) is 5.92 Å². The lowest BCUT2D eigenvalue weighted by molar-refractivity contribution is -0.0221. The normalized spacial score (nSPS) is 14.2. The number of ether oxygens (including phenoxy) is 1. The molecule has 0 aliphatic rings. The van der Waals surface area contributed by atoms with Crippen LogP contribution in [-0.4, -0.2) is 29.8 Å². The van der Waals surface area contributed by atoms with E-state index in [1.807, 2.05) is 27.8 Å². The summed E-state index contributed by atoms with van der Waals surface area (Å²) in [6.45, 7) is 10.8. The van der Waals surface area contributed by atoms with Crippen LogP contribution >= 0.6 is 0 Å². The Morgan fingerprint density at radius 3 is 2.56 bits per heavy atom. The van der Waals surface area contributed by atoms with E-state index in [1.165, 1.54) is 0 Å². The first kappa shape index (κ1) is 15.1. The van der Waals surface area contributed by atoms with Crippen molar-refractivity contribution in [1.82, 2.24) is 15.5 Å². The van der Waals surface area contributed by atoms with Gasteiger partial charge >= 0.3 is 0 Å². The van der Waals surface area contributed by atoms with Crippen molar-refractivity contribution in [2.75, 3.05) is 13.7 Å². The second-order valence-corrected chi connectivity index (χ2v) is 5.30. The second-order valence-electron chi connectivity index (χ2n) is 5.30. The van der Waals surface area contributed by atoms with Gasteiger partial charge in [0.1, 0.15) is 5.60 Å². The minimum Gasteiger partial charge on any atom is -0.368 e. The summed E-state index contributed by atoms with van der Waals surface area (Å²) in [5, 5.41) is 7.28. The van der Waals surface area contributed by atoms with E-state index in [0.29, 0.717) is 30.3 Å². The maximum Gasteiger partial charge on any atom is 0.228 e. The van der Waals surface area contributed by atoms with Crippen molar-refractivity contribution in [3.63, 3.8) is 0 Å². The van der Waals surface area contributed by atoms with Gasteiger partial charge in [-0.3, -0.25) is 0 Å². The molecule has 1 aromatic rings. The van der Waals surface area contributed by atoms with Crippen molar-refractivity contribution < 1.29 is 9.26 Å². The van der Waals surface area contributed by atoms with Crippen LogP contribution in [0.2, 0.25) is 0 Å². The zero-order valence-electron chi connectivity index (χ0n) is 12.3. The molecule has 1 atom stereocenters. The third-order valence-corrected chi connectivity index (χ3v) is 3.08. The summed E-state index contributed by atoms with van der Waals surface area (Å²) in [5.74, 6) is 1.79. The number of hydrogen-bond acceptors (Lipinski definition) is 5. The van der Waals surface area contributed by atoms with Crippen LogP contribution in [0.15, 0.2) is 4.52 Å². The van der Waals surface area contributed by atoms with Crippen LogP contribution in [0.3, 0.4) is 0 Å². The first-order valence-corrected chi connectivity index (χ1v) is 6.55. The molecule has 5 heteroatoms. The van der Waals surface area contributed by atoms with Crippen LogP contribution in [0.25, 0.3) is 0 Å². The molecular formula is C13H25N3O2. The van der Waals surface area contributed by atoms with Gasteiger partial charge in [-0.05, 0) is 33.7 Å². The Bertz CT molecular complexity index is 361. The van der Waals surface area contributed by atoms with Crippen molar-refractivity contribution in [3.8, 4) is 0 Å². The van der Waals surface area contributed by atoms with E-state index in [4.69, 9.17) is 9.26 Å².